The topological polar surface area (TPSA) is 57.5 Å². The summed E-state index contributed by atoms with van der Waals surface area (Å²) in [5.41, 5.74) is -1.01. The van der Waals surface area contributed by atoms with Gasteiger partial charge in [0.1, 0.15) is 5.78 Å². The maximum Gasteiger partial charge on any atom is 0.135 e. The van der Waals surface area contributed by atoms with Gasteiger partial charge in [-0.2, -0.15) is 0 Å². The van der Waals surface area contributed by atoms with Gasteiger partial charge in [0, 0.05) is 5.92 Å². The highest BCUT2D eigenvalue weighted by atomic mass is 16.3. The van der Waals surface area contributed by atoms with Crippen LogP contribution in [0, 0.1) is 23.2 Å². The molecular formula is C15H26O3. The smallest absolute Gasteiger partial charge is 0.135 e. The van der Waals surface area contributed by atoms with Gasteiger partial charge in [0.05, 0.1) is 11.7 Å². The molecular weight excluding hydrogens is 228 g/mol. The van der Waals surface area contributed by atoms with Gasteiger partial charge in [0.2, 0.25) is 0 Å². The van der Waals surface area contributed by atoms with Crippen molar-refractivity contribution in [3.63, 3.8) is 0 Å². The molecule has 0 bridgehead atoms. The van der Waals surface area contributed by atoms with Gasteiger partial charge in [-0.3, -0.25) is 4.79 Å². The number of ketones is 1. The monoisotopic (exact) mass is 254 g/mol. The molecule has 0 heterocycles. The molecule has 0 aliphatic heterocycles. The van der Waals surface area contributed by atoms with E-state index in [1.165, 1.54) is 6.92 Å². The molecule has 2 fully saturated rings. The maximum absolute atomic E-state index is 11.6. The summed E-state index contributed by atoms with van der Waals surface area (Å²) in [4.78, 5) is 11.6. The number of rotatable bonds is 2. The Balaban J connectivity index is 2.34. The fourth-order valence-corrected chi connectivity index (χ4v) is 4.43. The quantitative estimate of drug-likeness (QED) is 0.794. The second kappa shape index (κ2) is 4.31. The molecule has 2 rings (SSSR count). The van der Waals surface area contributed by atoms with Crippen LogP contribution in [0.15, 0.2) is 0 Å². The van der Waals surface area contributed by atoms with E-state index >= 15 is 0 Å². The molecule has 3 heteroatoms. The molecule has 18 heavy (non-hydrogen) atoms. The third kappa shape index (κ3) is 1.83. The van der Waals surface area contributed by atoms with E-state index in [9.17, 15) is 15.0 Å². The van der Waals surface area contributed by atoms with Gasteiger partial charge in [-0.1, -0.05) is 20.8 Å². The number of hydrogen-bond donors (Lipinski definition) is 2. The van der Waals surface area contributed by atoms with Crippen molar-refractivity contribution in [3.8, 4) is 0 Å². The van der Waals surface area contributed by atoms with E-state index in [1.807, 2.05) is 0 Å². The Labute approximate surface area is 110 Å². The van der Waals surface area contributed by atoms with Crippen LogP contribution in [0.25, 0.3) is 0 Å². The molecule has 104 valence electrons. The van der Waals surface area contributed by atoms with E-state index in [1.54, 1.807) is 0 Å². The molecule has 0 radical (unpaired) electrons. The standard InChI is InChI=1S/C15H26O3/c1-9(2)12-5-6-14(4)8-13(17)11(10(3)16)7-15(12,14)18/h9,11-13,17-18H,5-8H2,1-4H3. The zero-order chi connectivity index (χ0) is 13.7. The van der Waals surface area contributed by atoms with Crippen molar-refractivity contribution in [1.29, 1.82) is 0 Å². The number of hydrogen-bond acceptors (Lipinski definition) is 3. The lowest BCUT2D eigenvalue weighted by molar-refractivity contribution is -0.171. The van der Waals surface area contributed by atoms with E-state index in [0.29, 0.717) is 18.8 Å². The predicted octanol–water partition coefficient (Wildman–Crippen LogP) is 2.15. The van der Waals surface area contributed by atoms with Crippen molar-refractivity contribution in [1.82, 2.24) is 0 Å². The first-order chi connectivity index (χ1) is 8.21. The average molecular weight is 254 g/mol. The fourth-order valence-electron chi connectivity index (χ4n) is 4.43. The van der Waals surface area contributed by atoms with Gasteiger partial charge < -0.3 is 10.2 Å². The van der Waals surface area contributed by atoms with Gasteiger partial charge in [-0.05, 0) is 49.9 Å². The summed E-state index contributed by atoms with van der Waals surface area (Å²) in [6, 6.07) is 0. The molecule has 5 atom stereocenters. The molecule has 2 aliphatic carbocycles. The molecule has 0 aromatic heterocycles. The van der Waals surface area contributed by atoms with Crippen LogP contribution in [0.1, 0.15) is 53.4 Å². The minimum atomic E-state index is -0.781. The van der Waals surface area contributed by atoms with Gasteiger partial charge in [-0.15, -0.1) is 0 Å². The number of carbonyl (C=O) groups is 1. The largest absolute Gasteiger partial charge is 0.392 e. The van der Waals surface area contributed by atoms with Crippen molar-refractivity contribution in [2.75, 3.05) is 0 Å². The summed E-state index contributed by atoms with van der Waals surface area (Å²) in [5, 5.41) is 21.3. The van der Waals surface area contributed by atoms with Crippen molar-refractivity contribution in [2.45, 2.75) is 65.1 Å². The van der Waals surface area contributed by atoms with Gasteiger partial charge >= 0.3 is 0 Å². The molecule has 0 amide bonds. The van der Waals surface area contributed by atoms with E-state index < -0.39 is 11.7 Å². The summed E-state index contributed by atoms with van der Waals surface area (Å²) in [5.74, 6) is 0.284. The normalized spacial score (nSPS) is 48.3. The van der Waals surface area contributed by atoms with Crippen molar-refractivity contribution in [3.05, 3.63) is 0 Å². The number of carbonyl (C=O) groups excluding carboxylic acids is 1. The first-order valence-electron chi connectivity index (χ1n) is 7.12. The molecule has 0 spiro atoms. The third-order valence-electron chi connectivity index (χ3n) is 5.65. The molecule has 2 saturated carbocycles. The van der Waals surface area contributed by atoms with E-state index in [-0.39, 0.29) is 23.0 Å². The van der Waals surface area contributed by atoms with Crippen molar-refractivity contribution in [2.24, 2.45) is 23.2 Å². The van der Waals surface area contributed by atoms with Gasteiger partial charge in [0.15, 0.2) is 0 Å². The second-order valence-corrected chi connectivity index (χ2v) is 7.07. The summed E-state index contributed by atoms with van der Waals surface area (Å²) in [6.07, 6.45) is 2.36. The highest BCUT2D eigenvalue weighted by molar-refractivity contribution is 5.79. The van der Waals surface area contributed by atoms with Crippen LogP contribution in [0.4, 0.5) is 0 Å². The summed E-state index contributed by atoms with van der Waals surface area (Å²) in [6.45, 7) is 7.89. The maximum atomic E-state index is 11.6. The highest BCUT2D eigenvalue weighted by Gasteiger charge is 2.62. The molecule has 2 aliphatic rings. The number of Topliss-reactive ketones (excluding diaryl/α,β-unsaturated/α-hetero) is 1. The Hall–Kier alpha value is -0.410. The second-order valence-electron chi connectivity index (χ2n) is 7.07. The van der Waals surface area contributed by atoms with Crippen LogP contribution in [-0.2, 0) is 4.79 Å². The van der Waals surface area contributed by atoms with E-state index in [0.717, 1.165) is 12.8 Å². The molecule has 3 nitrogen and oxygen atoms in total. The molecule has 2 N–H and O–H groups in total. The predicted molar refractivity (Wildman–Crippen MR) is 70.0 cm³/mol. The molecule has 0 saturated heterocycles. The third-order valence-corrected chi connectivity index (χ3v) is 5.65. The Morgan fingerprint density at radius 2 is 1.94 bits per heavy atom. The zero-order valence-corrected chi connectivity index (χ0v) is 11.9. The Bertz CT molecular complexity index is 352. The van der Waals surface area contributed by atoms with Crippen molar-refractivity contribution < 1.29 is 15.0 Å². The molecule has 0 aromatic rings. The first kappa shape index (κ1) is 14.0. The Morgan fingerprint density at radius 1 is 1.33 bits per heavy atom. The molecule has 0 aromatic carbocycles. The summed E-state index contributed by atoms with van der Waals surface area (Å²) in [7, 11) is 0. The van der Waals surface area contributed by atoms with Gasteiger partial charge in [-0.25, -0.2) is 0 Å². The van der Waals surface area contributed by atoms with Crippen LogP contribution >= 0.6 is 0 Å². The average Bonchev–Trinajstić information content (AvgIpc) is 2.48. The Morgan fingerprint density at radius 3 is 2.44 bits per heavy atom. The SMILES string of the molecule is CC(=O)C1CC2(O)C(C(C)C)CCC2(C)CC1O. The first-order valence-corrected chi connectivity index (χ1v) is 7.12. The van der Waals surface area contributed by atoms with Crippen LogP contribution < -0.4 is 0 Å². The zero-order valence-electron chi connectivity index (χ0n) is 11.9. The number of aliphatic hydroxyl groups is 2. The fraction of sp³-hybridized carbons (Fsp3) is 0.933. The number of fused-ring (bicyclic) bond motifs is 1. The van der Waals surface area contributed by atoms with Crippen LogP contribution in [0.2, 0.25) is 0 Å². The van der Waals surface area contributed by atoms with Gasteiger partial charge in [0.25, 0.3) is 0 Å². The Kier molecular flexibility index (Phi) is 3.35. The minimum Gasteiger partial charge on any atom is -0.392 e. The minimum absolute atomic E-state index is 0.00683. The van der Waals surface area contributed by atoms with Crippen LogP contribution in [0.5, 0.6) is 0 Å². The number of aliphatic hydroxyl groups excluding tert-OH is 1. The van der Waals surface area contributed by atoms with E-state index in [4.69, 9.17) is 0 Å². The lowest BCUT2D eigenvalue weighted by Crippen LogP contribution is -2.57. The highest BCUT2D eigenvalue weighted by Crippen LogP contribution is 2.60. The van der Waals surface area contributed by atoms with E-state index in [2.05, 4.69) is 20.8 Å². The summed E-state index contributed by atoms with van der Waals surface area (Å²) >= 11 is 0. The van der Waals surface area contributed by atoms with Crippen LogP contribution in [0.3, 0.4) is 0 Å². The summed E-state index contributed by atoms with van der Waals surface area (Å²) < 4.78 is 0. The lowest BCUT2D eigenvalue weighted by atomic mass is 9.58. The van der Waals surface area contributed by atoms with Crippen molar-refractivity contribution >= 4 is 5.78 Å². The molecule has 5 unspecified atom stereocenters. The lowest BCUT2D eigenvalue weighted by Gasteiger charge is -2.51. The van der Waals surface area contributed by atoms with Crippen LogP contribution in [-0.4, -0.2) is 27.7 Å².